The van der Waals surface area contributed by atoms with Gasteiger partial charge in [0.1, 0.15) is 0 Å². The molecule has 4 amide bonds. The second kappa shape index (κ2) is 20.1. The first-order valence-corrected chi connectivity index (χ1v) is 23.0. The van der Waals surface area contributed by atoms with Crippen LogP contribution in [0.5, 0.6) is 0 Å². The van der Waals surface area contributed by atoms with E-state index in [1.165, 1.54) is 78.9 Å². The van der Waals surface area contributed by atoms with Crippen LogP contribution in [0.3, 0.4) is 0 Å². The Morgan fingerprint density at radius 3 is 1.20 bits per heavy atom. The van der Waals surface area contributed by atoms with E-state index in [0.29, 0.717) is 59.1 Å². The van der Waals surface area contributed by atoms with Gasteiger partial charge in [0.15, 0.2) is 0 Å². The van der Waals surface area contributed by atoms with Crippen molar-refractivity contribution in [2.45, 2.75) is 25.7 Å². The van der Waals surface area contributed by atoms with Gasteiger partial charge in [-0.05, 0) is 119 Å². The molecule has 74 heavy (non-hydrogen) atoms. The number of ether oxygens (including phenoxy) is 1. The maximum atomic E-state index is 14.9. The highest BCUT2D eigenvalue weighted by Gasteiger charge is 2.40. The minimum atomic E-state index is -1.35. The van der Waals surface area contributed by atoms with Crippen LogP contribution in [0.2, 0.25) is 0 Å². The summed E-state index contributed by atoms with van der Waals surface area (Å²) in [6.45, 7) is -0.0740. The minimum Gasteiger partial charge on any atom is -0.478 e. The molecule has 0 saturated heterocycles. The molecule has 368 valence electrons. The number of hydrogen-bond acceptors (Lipinski definition) is 11. The number of imide groups is 2. The van der Waals surface area contributed by atoms with Gasteiger partial charge in [-0.25, -0.2) is 33.8 Å². The first kappa shape index (κ1) is 49.1. The predicted octanol–water partition coefficient (Wildman–Crippen LogP) is 9.23. The van der Waals surface area contributed by atoms with E-state index in [4.69, 9.17) is 14.9 Å². The monoisotopic (exact) mass is 992 g/mol. The third kappa shape index (κ3) is 9.05. The van der Waals surface area contributed by atoms with Gasteiger partial charge in [-0.1, -0.05) is 67.1 Å². The lowest BCUT2D eigenvalue weighted by molar-refractivity contribution is -0.132. The Kier molecular flexibility index (Phi) is 13.3. The van der Waals surface area contributed by atoms with E-state index in [1.807, 2.05) is 0 Å². The van der Waals surface area contributed by atoms with Crippen molar-refractivity contribution in [3.63, 3.8) is 0 Å². The molecule has 9 rings (SSSR count). The standard InChI is InChI=1S/C57H40N2O15/c60-25-3-1-2-4-26-74-57(73)34-27-35(58-51(65)39-17-15-37(32-11-5-30(6-12-32)9-23-45(61)62)47-43(55(69)70)21-19-41(49(39)47)53(58)67)29-36(28-34)59-52(66)40-18-16-38(33-13-7-31(8-14-33)10-24-46(63)64)48-44(56(71)72)22-20-42(50(40)48)54(59)68/h5-24,27-29,60H,1-4,25-26H2,(H,61,62)(H,63,64)(H,69,70)(H,71,72)/b23-9+,24-10+. The first-order chi connectivity index (χ1) is 35.6. The molecule has 7 aromatic rings. The molecule has 0 atom stereocenters. The van der Waals surface area contributed by atoms with Gasteiger partial charge in [0.2, 0.25) is 0 Å². The van der Waals surface area contributed by atoms with Crippen molar-refractivity contribution in [2.75, 3.05) is 23.0 Å². The molecule has 2 heterocycles. The second-order valence-electron chi connectivity index (χ2n) is 17.2. The number of carbonyl (C=O) groups is 9. The number of nitrogens with zero attached hydrogens (tertiary/aromatic N) is 2. The van der Waals surface area contributed by atoms with E-state index in [9.17, 15) is 58.5 Å². The number of anilines is 2. The summed E-state index contributed by atoms with van der Waals surface area (Å²) in [6.07, 6.45) is 6.90. The molecule has 0 aromatic heterocycles. The third-order valence-electron chi connectivity index (χ3n) is 12.7. The highest BCUT2D eigenvalue weighted by Crippen LogP contribution is 2.43. The van der Waals surface area contributed by atoms with Gasteiger partial charge in [-0.3, -0.25) is 19.2 Å². The zero-order valence-electron chi connectivity index (χ0n) is 38.7. The third-order valence-corrected chi connectivity index (χ3v) is 12.7. The molecule has 0 fully saturated rings. The Balaban J connectivity index is 1.16. The van der Waals surface area contributed by atoms with Crippen LogP contribution in [0.25, 0.3) is 56.0 Å². The summed E-state index contributed by atoms with van der Waals surface area (Å²) in [5.41, 5.74) is 1.10. The number of aliphatic carboxylic acids is 2. The summed E-state index contributed by atoms with van der Waals surface area (Å²) in [5.74, 6) is -9.73. The molecule has 0 aliphatic carbocycles. The smallest absolute Gasteiger partial charge is 0.338 e. The van der Waals surface area contributed by atoms with Gasteiger partial charge in [-0.15, -0.1) is 0 Å². The molecule has 0 unspecified atom stereocenters. The first-order valence-electron chi connectivity index (χ1n) is 23.0. The van der Waals surface area contributed by atoms with Crippen molar-refractivity contribution >= 4 is 98.5 Å². The largest absolute Gasteiger partial charge is 0.478 e. The van der Waals surface area contributed by atoms with Crippen LogP contribution in [0, 0.1) is 0 Å². The lowest BCUT2D eigenvalue weighted by Crippen LogP contribution is -2.42. The number of aliphatic hydroxyl groups excluding tert-OH is 1. The van der Waals surface area contributed by atoms with E-state index < -0.39 is 53.5 Å². The molecule has 0 bridgehead atoms. The van der Waals surface area contributed by atoms with Gasteiger partial charge in [0.05, 0.1) is 34.7 Å². The maximum absolute atomic E-state index is 14.9. The van der Waals surface area contributed by atoms with E-state index in [0.717, 1.165) is 22.0 Å². The summed E-state index contributed by atoms with van der Waals surface area (Å²) in [4.78, 5) is 123. The molecule has 5 N–H and O–H groups in total. The molecular weight excluding hydrogens is 953 g/mol. The minimum absolute atomic E-state index is 0.00822. The van der Waals surface area contributed by atoms with Crippen molar-refractivity contribution in [1.82, 2.24) is 0 Å². The molecule has 17 heteroatoms. The summed E-state index contributed by atoms with van der Waals surface area (Å²) < 4.78 is 5.60. The Labute approximate surface area is 419 Å². The highest BCUT2D eigenvalue weighted by atomic mass is 16.5. The van der Waals surface area contributed by atoms with Gasteiger partial charge in [0, 0.05) is 62.6 Å². The SMILES string of the molecule is O=C(O)/C=C/c1ccc(-c2ccc3c4c(ccc(C(=O)O)c24)C(=O)N(c2cc(C(=O)OCCCCCCO)cc(N4C(=O)c5ccc(C(=O)O)c6c(-c7ccc(/C=C/C(=O)O)cc7)ccc(c56)C4=O)c2)C3=O)cc1. The van der Waals surface area contributed by atoms with Crippen LogP contribution >= 0.6 is 0 Å². The summed E-state index contributed by atoms with van der Waals surface area (Å²) in [7, 11) is 0. The van der Waals surface area contributed by atoms with Crippen LogP contribution in [0.1, 0.15) is 109 Å². The number of rotatable bonds is 17. The fourth-order valence-electron chi connectivity index (χ4n) is 9.35. The lowest BCUT2D eigenvalue weighted by Gasteiger charge is -2.31. The fraction of sp³-hybridized carbons (Fsp3) is 0.105. The molecule has 2 aliphatic heterocycles. The van der Waals surface area contributed by atoms with Gasteiger partial charge < -0.3 is 30.3 Å². The number of carbonyl (C=O) groups excluding carboxylic acids is 5. The van der Waals surface area contributed by atoms with Crippen LogP contribution in [-0.4, -0.2) is 92.2 Å². The van der Waals surface area contributed by atoms with Crippen LogP contribution < -0.4 is 9.80 Å². The number of carboxylic acid groups (broad SMARTS) is 4. The Bertz CT molecular complexity index is 3400. The Morgan fingerprint density at radius 2 is 0.824 bits per heavy atom. The van der Waals surface area contributed by atoms with Crippen LogP contribution in [0.4, 0.5) is 11.4 Å². The van der Waals surface area contributed by atoms with Crippen molar-refractivity contribution in [3.05, 3.63) is 177 Å². The molecular formula is C57H40N2O15. The molecule has 0 saturated carbocycles. The van der Waals surface area contributed by atoms with Gasteiger partial charge >= 0.3 is 29.8 Å². The normalized spacial score (nSPS) is 13.1. The van der Waals surface area contributed by atoms with Crippen LogP contribution in [-0.2, 0) is 14.3 Å². The second-order valence-corrected chi connectivity index (χ2v) is 17.2. The zero-order valence-corrected chi connectivity index (χ0v) is 38.7. The molecule has 17 nitrogen and oxygen atoms in total. The van der Waals surface area contributed by atoms with E-state index in [-0.39, 0.29) is 85.1 Å². The average molecular weight is 993 g/mol. The quantitative estimate of drug-likeness (QED) is 0.0246. The molecule has 2 aliphatic rings. The molecule has 7 aromatic carbocycles. The van der Waals surface area contributed by atoms with E-state index in [1.54, 1.807) is 48.5 Å². The van der Waals surface area contributed by atoms with Crippen molar-refractivity contribution in [2.24, 2.45) is 0 Å². The Hall–Kier alpha value is -9.87. The van der Waals surface area contributed by atoms with E-state index >= 15 is 0 Å². The van der Waals surface area contributed by atoms with Crippen molar-refractivity contribution in [1.29, 1.82) is 0 Å². The number of hydrogen-bond donors (Lipinski definition) is 5. The topological polar surface area (TPSA) is 270 Å². The van der Waals surface area contributed by atoms with Crippen molar-refractivity contribution in [3.8, 4) is 22.3 Å². The van der Waals surface area contributed by atoms with Crippen LogP contribution in [0.15, 0.2) is 127 Å². The number of aromatic carboxylic acids is 2. The van der Waals surface area contributed by atoms with Gasteiger partial charge in [0.25, 0.3) is 23.6 Å². The zero-order chi connectivity index (χ0) is 52.5. The maximum Gasteiger partial charge on any atom is 0.338 e. The number of benzene rings is 7. The summed E-state index contributed by atoms with van der Waals surface area (Å²) >= 11 is 0. The lowest BCUT2D eigenvalue weighted by atomic mass is 9.86. The summed E-state index contributed by atoms with van der Waals surface area (Å²) in [6, 6.07) is 27.4. The van der Waals surface area contributed by atoms with Gasteiger partial charge in [-0.2, -0.15) is 0 Å². The number of amides is 4. The number of aliphatic hydroxyl groups is 1. The molecule has 0 spiro atoms. The Morgan fingerprint density at radius 1 is 0.446 bits per heavy atom. The van der Waals surface area contributed by atoms with Crippen molar-refractivity contribution < 1.29 is 73.4 Å². The summed E-state index contributed by atoms with van der Waals surface area (Å²) in [5, 5.41) is 48.3. The average Bonchev–Trinajstić information content (AvgIpc) is 3.40. The highest BCUT2D eigenvalue weighted by molar-refractivity contribution is 6.40. The van der Waals surface area contributed by atoms with E-state index in [2.05, 4.69) is 0 Å². The number of carboxylic acids is 4. The fourth-order valence-corrected chi connectivity index (χ4v) is 9.35. The predicted molar refractivity (Wildman–Crippen MR) is 271 cm³/mol. The number of unbranched alkanes of at least 4 members (excludes halogenated alkanes) is 3. The molecule has 0 radical (unpaired) electrons. The number of esters is 1.